The largest absolute Gasteiger partial charge is 0.398 e. The first-order valence-corrected chi connectivity index (χ1v) is 7.67. The topological polar surface area (TPSA) is 72.2 Å². The van der Waals surface area contributed by atoms with Crippen molar-refractivity contribution in [2.24, 2.45) is 5.92 Å². The van der Waals surface area contributed by atoms with Crippen molar-refractivity contribution in [1.29, 1.82) is 0 Å². The molecule has 0 atom stereocenters. The normalized spacial score (nSPS) is 16.8. The van der Waals surface area contributed by atoms with E-state index >= 15 is 0 Å². The summed E-state index contributed by atoms with van der Waals surface area (Å²) in [6.45, 7) is 3.79. The number of rotatable bonds is 4. The van der Waals surface area contributed by atoms with Crippen LogP contribution in [-0.4, -0.2) is 14.0 Å². The van der Waals surface area contributed by atoms with Crippen molar-refractivity contribution in [2.75, 3.05) is 5.73 Å². The highest BCUT2D eigenvalue weighted by Gasteiger charge is 2.40. The van der Waals surface area contributed by atoms with Gasteiger partial charge in [0.05, 0.1) is 5.69 Å². The maximum absolute atomic E-state index is 12.3. The lowest BCUT2D eigenvalue weighted by Crippen LogP contribution is -2.45. The summed E-state index contributed by atoms with van der Waals surface area (Å²) in [6.07, 6.45) is 2.12. The summed E-state index contributed by atoms with van der Waals surface area (Å²) in [5, 5.41) is 0.424. The van der Waals surface area contributed by atoms with Gasteiger partial charge in [-0.05, 0) is 50.8 Å². The van der Waals surface area contributed by atoms with Crippen LogP contribution >= 0.6 is 11.6 Å². The number of benzene rings is 1. The molecule has 0 spiro atoms. The van der Waals surface area contributed by atoms with Gasteiger partial charge in [-0.2, -0.15) is 0 Å². The van der Waals surface area contributed by atoms with E-state index in [9.17, 15) is 8.42 Å². The van der Waals surface area contributed by atoms with E-state index in [2.05, 4.69) is 4.72 Å². The second-order valence-electron chi connectivity index (χ2n) is 5.28. The average Bonchev–Trinajstić information content (AvgIpc) is 2.97. The Hall–Kier alpha value is -0.780. The Morgan fingerprint density at radius 2 is 2.00 bits per heavy atom. The van der Waals surface area contributed by atoms with Crippen LogP contribution in [0.15, 0.2) is 23.1 Å². The highest BCUT2D eigenvalue weighted by Crippen LogP contribution is 2.40. The molecule has 0 aromatic heterocycles. The molecule has 0 amide bonds. The third-order valence-corrected chi connectivity index (χ3v) is 5.24. The second-order valence-corrected chi connectivity index (χ2v) is 7.37. The molecule has 1 aromatic carbocycles. The van der Waals surface area contributed by atoms with Gasteiger partial charge in [0.1, 0.15) is 4.90 Å². The van der Waals surface area contributed by atoms with Crippen LogP contribution in [0.25, 0.3) is 0 Å². The fourth-order valence-electron chi connectivity index (χ4n) is 2.05. The van der Waals surface area contributed by atoms with Crippen LogP contribution in [0.3, 0.4) is 0 Å². The summed E-state index contributed by atoms with van der Waals surface area (Å²) in [4.78, 5) is 0.0839. The van der Waals surface area contributed by atoms with Crippen molar-refractivity contribution in [3.63, 3.8) is 0 Å². The van der Waals surface area contributed by atoms with Crippen LogP contribution in [0.1, 0.15) is 26.7 Å². The molecule has 0 heterocycles. The lowest BCUT2D eigenvalue weighted by Gasteiger charge is -2.26. The third-order valence-electron chi connectivity index (χ3n) is 3.26. The molecule has 6 heteroatoms. The van der Waals surface area contributed by atoms with Crippen LogP contribution in [-0.2, 0) is 10.0 Å². The molecule has 18 heavy (non-hydrogen) atoms. The molecule has 0 saturated heterocycles. The number of hydrogen-bond donors (Lipinski definition) is 2. The quantitative estimate of drug-likeness (QED) is 0.836. The minimum atomic E-state index is -3.60. The summed E-state index contributed by atoms with van der Waals surface area (Å²) < 4.78 is 27.3. The van der Waals surface area contributed by atoms with E-state index < -0.39 is 15.6 Å². The first-order valence-electron chi connectivity index (χ1n) is 5.81. The molecule has 0 unspecified atom stereocenters. The van der Waals surface area contributed by atoms with Crippen molar-refractivity contribution >= 4 is 27.3 Å². The molecule has 0 radical (unpaired) electrons. The van der Waals surface area contributed by atoms with Gasteiger partial charge >= 0.3 is 0 Å². The highest BCUT2D eigenvalue weighted by atomic mass is 35.5. The Morgan fingerprint density at radius 3 is 2.50 bits per heavy atom. The first-order chi connectivity index (χ1) is 8.22. The van der Waals surface area contributed by atoms with Gasteiger partial charge in [0, 0.05) is 10.6 Å². The number of anilines is 1. The van der Waals surface area contributed by atoms with Gasteiger partial charge in [-0.15, -0.1) is 0 Å². The predicted octanol–water partition coefficient (Wildman–Crippen LogP) is 2.39. The number of hydrogen-bond acceptors (Lipinski definition) is 3. The second kappa shape index (κ2) is 4.40. The third kappa shape index (κ3) is 2.79. The minimum Gasteiger partial charge on any atom is -0.398 e. The van der Waals surface area contributed by atoms with E-state index in [0.29, 0.717) is 10.9 Å². The van der Waals surface area contributed by atoms with Crippen LogP contribution in [0.5, 0.6) is 0 Å². The molecule has 1 aliphatic carbocycles. The molecule has 1 aliphatic rings. The van der Waals surface area contributed by atoms with E-state index in [0.717, 1.165) is 12.8 Å². The Labute approximate surface area is 113 Å². The fourth-order valence-corrected chi connectivity index (χ4v) is 3.82. The maximum Gasteiger partial charge on any atom is 0.243 e. The Balaban J connectivity index is 2.30. The van der Waals surface area contributed by atoms with Crippen molar-refractivity contribution < 1.29 is 8.42 Å². The zero-order valence-electron chi connectivity index (χ0n) is 10.4. The van der Waals surface area contributed by atoms with E-state index in [1.807, 2.05) is 13.8 Å². The summed E-state index contributed by atoms with van der Waals surface area (Å²) in [5.41, 5.74) is 5.44. The highest BCUT2D eigenvalue weighted by molar-refractivity contribution is 7.89. The zero-order chi connectivity index (χ0) is 13.6. The van der Waals surface area contributed by atoms with Crippen molar-refractivity contribution in [3.05, 3.63) is 23.2 Å². The molecule has 100 valence electrons. The molecule has 3 N–H and O–H groups in total. The SMILES string of the molecule is CC(C)(NS(=O)(=O)c1ccc(Cl)cc1N)C1CC1. The number of halogens is 1. The molecule has 1 fully saturated rings. The Bertz CT molecular complexity index is 565. The standard InChI is InChI=1S/C12H17ClN2O2S/c1-12(2,8-3-4-8)15-18(16,17)11-6-5-9(13)7-10(11)14/h5-8,15H,3-4,14H2,1-2H3. The van der Waals surface area contributed by atoms with E-state index in [-0.39, 0.29) is 10.6 Å². The average molecular weight is 289 g/mol. The van der Waals surface area contributed by atoms with Gasteiger partial charge < -0.3 is 5.73 Å². The molecule has 1 saturated carbocycles. The van der Waals surface area contributed by atoms with Crippen molar-refractivity contribution in [3.8, 4) is 0 Å². The van der Waals surface area contributed by atoms with Gasteiger partial charge in [-0.3, -0.25) is 0 Å². The lowest BCUT2D eigenvalue weighted by atomic mass is 10.0. The van der Waals surface area contributed by atoms with E-state index in [4.69, 9.17) is 17.3 Å². The van der Waals surface area contributed by atoms with Crippen LogP contribution in [0.2, 0.25) is 5.02 Å². The lowest BCUT2D eigenvalue weighted by molar-refractivity contribution is 0.400. The molecular weight excluding hydrogens is 272 g/mol. The molecule has 0 bridgehead atoms. The smallest absolute Gasteiger partial charge is 0.243 e. The fraction of sp³-hybridized carbons (Fsp3) is 0.500. The van der Waals surface area contributed by atoms with E-state index in [1.165, 1.54) is 18.2 Å². The first kappa shape index (κ1) is 13.6. The Kier molecular flexibility index (Phi) is 3.34. The number of nitrogens with one attached hydrogen (secondary N) is 1. The van der Waals surface area contributed by atoms with Crippen LogP contribution < -0.4 is 10.5 Å². The van der Waals surface area contributed by atoms with Crippen LogP contribution in [0, 0.1) is 5.92 Å². The van der Waals surface area contributed by atoms with Gasteiger partial charge in [-0.25, -0.2) is 13.1 Å². The van der Waals surface area contributed by atoms with E-state index in [1.54, 1.807) is 0 Å². The number of sulfonamides is 1. The van der Waals surface area contributed by atoms with Gasteiger partial charge in [0.25, 0.3) is 0 Å². The predicted molar refractivity (Wildman–Crippen MR) is 73.0 cm³/mol. The van der Waals surface area contributed by atoms with Gasteiger partial charge in [0.2, 0.25) is 10.0 Å². The number of nitrogens with two attached hydrogens (primary N) is 1. The van der Waals surface area contributed by atoms with Crippen molar-refractivity contribution in [2.45, 2.75) is 37.1 Å². The zero-order valence-corrected chi connectivity index (χ0v) is 12.0. The maximum atomic E-state index is 12.3. The summed E-state index contributed by atoms with van der Waals surface area (Å²) >= 11 is 5.77. The number of nitrogen functional groups attached to an aromatic ring is 1. The van der Waals surface area contributed by atoms with Gasteiger partial charge in [0.15, 0.2) is 0 Å². The molecule has 0 aliphatic heterocycles. The Morgan fingerprint density at radius 1 is 1.39 bits per heavy atom. The molecule has 2 rings (SSSR count). The summed E-state index contributed by atoms with van der Waals surface area (Å²) in [7, 11) is -3.60. The van der Waals surface area contributed by atoms with Crippen LogP contribution in [0.4, 0.5) is 5.69 Å². The molecule has 1 aromatic rings. The van der Waals surface area contributed by atoms with Crippen molar-refractivity contribution in [1.82, 2.24) is 4.72 Å². The molecular formula is C12H17ClN2O2S. The summed E-state index contributed by atoms with van der Waals surface area (Å²) in [6, 6.07) is 4.40. The summed E-state index contributed by atoms with van der Waals surface area (Å²) in [5.74, 6) is 0.404. The molecule has 4 nitrogen and oxygen atoms in total. The van der Waals surface area contributed by atoms with Gasteiger partial charge in [-0.1, -0.05) is 11.6 Å². The monoisotopic (exact) mass is 288 g/mol. The minimum absolute atomic E-state index is 0.0839.